The van der Waals surface area contributed by atoms with Gasteiger partial charge in [-0.25, -0.2) is 9.59 Å². The van der Waals surface area contributed by atoms with Crippen molar-refractivity contribution in [3.8, 4) is 5.75 Å². The summed E-state index contributed by atoms with van der Waals surface area (Å²) in [4.78, 5) is 34.1. The smallest absolute Gasteiger partial charge is 0.410 e. The fourth-order valence-corrected chi connectivity index (χ4v) is 4.87. The first-order valence-electron chi connectivity index (χ1n) is 13.1. The zero-order valence-electron chi connectivity index (χ0n) is 23.3. The third-order valence-corrected chi connectivity index (χ3v) is 7.18. The molecule has 1 amide bonds. The molecule has 4 rings (SSSR count). The van der Waals surface area contributed by atoms with Crippen LogP contribution in [0.25, 0.3) is 10.9 Å². The van der Waals surface area contributed by atoms with Gasteiger partial charge in [0.1, 0.15) is 16.9 Å². The van der Waals surface area contributed by atoms with Crippen LogP contribution in [-0.4, -0.2) is 67.4 Å². The Balaban J connectivity index is 1.77. The van der Waals surface area contributed by atoms with Crippen molar-refractivity contribution in [1.29, 1.82) is 0 Å². The largest absolute Gasteiger partial charge is 0.495 e. The number of benzene rings is 2. The molecule has 0 atom stereocenters. The highest BCUT2D eigenvalue weighted by atomic mass is 35.5. The lowest BCUT2D eigenvalue weighted by atomic mass is 10.1. The van der Waals surface area contributed by atoms with Crippen LogP contribution in [-0.2, 0) is 9.47 Å². The molecule has 11 heteroatoms. The molecule has 0 saturated carbocycles. The molecular weight excluding hydrogens is 555 g/mol. The SMILES string of the molecule is CCOC(=O)c1cnc2cc(OC)c(N3CCCN(C(=O)OC(C)(C)C)CC3)cc2c1Nc1cccc(Cl)c1Cl. The second kappa shape index (κ2) is 12.4. The van der Waals surface area contributed by atoms with Crippen LogP contribution >= 0.6 is 23.2 Å². The first kappa shape index (κ1) is 29.6. The number of amides is 1. The van der Waals surface area contributed by atoms with E-state index in [-0.39, 0.29) is 18.3 Å². The van der Waals surface area contributed by atoms with Gasteiger partial charge in [-0.2, -0.15) is 0 Å². The van der Waals surface area contributed by atoms with Crippen molar-refractivity contribution in [3.05, 3.63) is 52.1 Å². The average Bonchev–Trinajstić information content (AvgIpc) is 3.16. The molecule has 1 saturated heterocycles. The number of pyridine rings is 1. The Morgan fingerprint density at radius 3 is 2.58 bits per heavy atom. The lowest BCUT2D eigenvalue weighted by Crippen LogP contribution is -2.39. The number of fused-ring (bicyclic) bond motifs is 1. The van der Waals surface area contributed by atoms with E-state index in [0.29, 0.717) is 64.3 Å². The maximum Gasteiger partial charge on any atom is 0.410 e. The molecule has 1 fully saturated rings. The zero-order valence-corrected chi connectivity index (χ0v) is 24.9. The Morgan fingerprint density at radius 1 is 1.10 bits per heavy atom. The number of nitrogens with zero attached hydrogens (tertiary/aromatic N) is 3. The van der Waals surface area contributed by atoms with Crippen LogP contribution in [0.1, 0.15) is 44.5 Å². The molecule has 2 heterocycles. The van der Waals surface area contributed by atoms with Gasteiger partial charge >= 0.3 is 12.1 Å². The van der Waals surface area contributed by atoms with E-state index in [0.717, 1.165) is 12.1 Å². The zero-order chi connectivity index (χ0) is 29.0. The van der Waals surface area contributed by atoms with E-state index in [2.05, 4.69) is 15.2 Å². The standard InChI is InChI=1S/C29H34Cl2N4O5/c1-6-39-27(36)19-17-32-22-16-24(38-5)23(15-18(22)26(19)33-21-10-7-9-20(30)25(21)31)34-11-8-12-35(14-13-34)28(37)40-29(2,3)4/h7,9-10,15-17H,6,8,11-14H2,1-5H3,(H,32,33). The Morgan fingerprint density at radius 2 is 1.88 bits per heavy atom. The van der Waals surface area contributed by atoms with E-state index in [1.807, 2.05) is 32.9 Å². The van der Waals surface area contributed by atoms with Crippen LogP contribution in [0.5, 0.6) is 5.75 Å². The van der Waals surface area contributed by atoms with Crippen molar-refractivity contribution >= 4 is 63.2 Å². The predicted molar refractivity (Wildman–Crippen MR) is 159 cm³/mol. The summed E-state index contributed by atoms with van der Waals surface area (Å²) < 4.78 is 16.7. The molecule has 3 aromatic rings. The maximum absolute atomic E-state index is 13.0. The van der Waals surface area contributed by atoms with Crippen LogP contribution in [0.3, 0.4) is 0 Å². The lowest BCUT2D eigenvalue weighted by Gasteiger charge is -2.27. The summed E-state index contributed by atoms with van der Waals surface area (Å²) in [5.41, 5.74) is 2.13. The Labute approximate surface area is 244 Å². The van der Waals surface area contributed by atoms with Crippen LogP contribution in [0.2, 0.25) is 10.0 Å². The van der Waals surface area contributed by atoms with E-state index < -0.39 is 11.6 Å². The minimum Gasteiger partial charge on any atom is -0.495 e. The van der Waals surface area contributed by atoms with Gasteiger partial charge in [0.2, 0.25) is 0 Å². The molecule has 0 radical (unpaired) electrons. The normalized spacial score (nSPS) is 14.1. The number of methoxy groups -OCH3 is 1. The first-order chi connectivity index (χ1) is 19.0. The number of hydrogen-bond donors (Lipinski definition) is 1. The minimum atomic E-state index is -0.566. The van der Waals surface area contributed by atoms with Crippen molar-refractivity contribution in [2.45, 2.75) is 39.7 Å². The molecule has 0 unspecified atom stereocenters. The Kier molecular flexibility index (Phi) is 9.15. The van der Waals surface area contributed by atoms with Crippen LogP contribution in [0.15, 0.2) is 36.5 Å². The van der Waals surface area contributed by atoms with Crippen LogP contribution < -0.4 is 15.0 Å². The molecule has 0 bridgehead atoms. The van der Waals surface area contributed by atoms with Crippen LogP contribution in [0.4, 0.5) is 21.9 Å². The van der Waals surface area contributed by atoms with Gasteiger partial charge in [0.05, 0.1) is 46.3 Å². The van der Waals surface area contributed by atoms with E-state index >= 15 is 0 Å². The molecule has 2 aromatic carbocycles. The first-order valence-corrected chi connectivity index (χ1v) is 13.9. The monoisotopic (exact) mass is 588 g/mol. The minimum absolute atomic E-state index is 0.212. The third-order valence-electron chi connectivity index (χ3n) is 6.36. The van der Waals surface area contributed by atoms with E-state index in [4.69, 9.17) is 37.4 Å². The van der Waals surface area contributed by atoms with Crippen molar-refractivity contribution in [3.63, 3.8) is 0 Å². The summed E-state index contributed by atoms with van der Waals surface area (Å²) in [5, 5.41) is 4.68. The molecule has 0 spiro atoms. The summed E-state index contributed by atoms with van der Waals surface area (Å²) in [7, 11) is 1.60. The molecule has 1 aliphatic heterocycles. The number of carbonyl (C=O) groups is 2. The van der Waals surface area contributed by atoms with Gasteiger partial charge in [0.25, 0.3) is 0 Å². The highest BCUT2D eigenvalue weighted by Gasteiger charge is 2.27. The molecule has 40 heavy (non-hydrogen) atoms. The van der Waals surface area contributed by atoms with Gasteiger partial charge in [0, 0.05) is 43.8 Å². The molecular formula is C29H34Cl2N4O5. The molecule has 214 valence electrons. The summed E-state index contributed by atoms with van der Waals surface area (Å²) in [6.07, 6.45) is 1.89. The number of anilines is 3. The summed E-state index contributed by atoms with van der Waals surface area (Å²) >= 11 is 12.8. The molecule has 1 N–H and O–H groups in total. The Hall–Kier alpha value is -3.43. The van der Waals surface area contributed by atoms with Gasteiger partial charge in [-0.1, -0.05) is 29.3 Å². The van der Waals surface area contributed by atoms with Gasteiger partial charge in [-0.3, -0.25) is 4.98 Å². The van der Waals surface area contributed by atoms with Crippen molar-refractivity contribution in [2.24, 2.45) is 0 Å². The number of carbonyl (C=O) groups excluding carboxylic acids is 2. The maximum atomic E-state index is 13.0. The van der Waals surface area contributed by atoms with Crippen molar-refractivity contribution in [1.82, 2.24) is 9.88 Å². The third kappa shape index (κ3) is 6.64. The fourth-order valence-electron chi connectivity index (χ4n) is 4.52. The summed E-state index contributed by atoms with van der Waals surface area (Å²) in [6.45, 7) is 9.85. The number of halogens is 2. The molecule has 9 nitrogen and oxygen atoms in total. The quantitative estimate of drug-likeness (QED) is 0.310. The second-order valence-electron chi connectivity index (χ2n) is 10.3. The number of aromatic nitrogens is 1. The Bertz CT molecular complexity index is 1410. The van der Waals surface area contributed by atoms with Crippen molar-refractivity contribution < 1.29 is 23.8 Å². The summed E-state index contributed by atoms with van der Waals surface area (Å²) in [6, 6.07) is 9.01. The highest BCUT2D eigenvalue weighted by molar-refractivity contribution is 6.43. The highest BCUT2D eigenvalue weighted by Crippen LogP contribution is 2.40. The number of nitrogens with one attached hydrogen (secondary N) is 1. The van der Waals surface area contributed by atoms with E-state index in [9.17, 15) is 9.59 Å². The number of hydrogen-bond acceptors (Lipinski definition) is 8. The van der Waals surface area contributed by atoms with Gasteiger partial charge < -0.3 is 29.3 Å². The summed E-state index contributed by atoms with van der Waals surface area (Å²) in [5.74, 6) is 0.110. The molecule has 0 aliphatic carbocycles. The van der Waals surface area contributed by atoms with Crippen LogP contribution in [0, 0.1) is 0 Å². The number of esters is 1. The lowest BCUT2D eigenvalue weighted by molar-refractivity contribution is 0.0263. The van der Waals surface area contributed by atoms with E-state index in [1.165, 1.54) is 6.20 Å². The fraction of sp³-hybridized carbons (Fsp3) is 0.414. The van der Waals surface area contributed by atoms with Gasteiger partial charge in [-0.15, -0.1) is 0 Å². The van der Waals surface area contributed by atoms with Gasteiger partial charge in [-0.05, 0) is 52.3 Å². The average molecular weight is 590 g/mol. The second-order valence-corrected chi connectivity index (χ2v) is 11.1. The topological polar surface area (TPSA) is 93.2 Å². The van der Waals surface area contributed by atoms with Gasteiger partial charge in [0.15, 0.2) is 0 Å². The van der Waals surface area contributed by atoms with Crippen molar-refractivity contribution in [2.75, 3.05) is 50.1 Å². The predicted octanol–water partition coefficient (Wildman–Crippen LogP) is 6.92. The van der Waals surface area contributed by atoms with E-state index in [1.54, 1.807) is 37.1 Å². The number of rotatable bonds is 6. The molecule has 1 aliphatic rings. The molecule has 1 aromatic heterocycles. The number of ether oxygens (including phenoxy) is 3.